The van der Waals surface area contributed by atoms with E-state index in [1.54, 1.807) is 13.1 Å². The van der Waals surface area contributed by atoms with Crippen molar-refractivity contribution < 1.29 is 14.3 Å². The first kappa shape index (κ1) is 9.27. The Balaban J connectivity index is 2.22. The number of H-pyrrole nitrogens is 1. The standard InChI is InChI=1S/C10H13NO3/c1-2-14-9(12)10(6-13-7-10)8-4-3-5-11-8/h3-5,11H,2,6-7H2,1H3. The number of hydrogen-bond acceptors (Lipinski definition) is 3. The third-order valence-corrected chi connectivity index (χ3v) is 2.48. The highest BCUT2D eigenvalue weighted by molar-refractivity contribution is 5.84. The van der Waals surface area contributed by atoms with Crippen LogP contribution in [0.3, 0.4) is 0 Å². The van der Waals surface area contributed by atoms with E-state index < -0.39 is 5.41 Å². The molecule has 1 saturated heterocycles. The summed E-state index contributed by atoms with van der Waals surface area (Å²) in [5, 5.41) is 0. The molecule has 0 saturated carbocycles. The van der Waals surface area contributed by atoms with Gasteiger partial charge < -0.3 is 14.5 Å². The maximum atomic E-state index is 11.7. The van der Waals surface area contributed by atoms with Gasteiger partial charge in [-0.1, -0.05) is 0 Å². The zero-order valence-corrected chi connectivity index (χ0v) is 8.08. The summed E-state index contributed by atoms with van der Waals surface area (Å²) in [4.78, 5) is 14.8. The fourth-order valence-corrected chi connectivity index (χ4v) is 1.59. The zero-order valence-electron chi connectivity index (χ0n) is 8.08. The van der Waals surface area contributed by atoms with E-state index in [0.29, 0.717) is 19.8 Å². The Hall–Kier alpha value is -1.29. The second-order valence-corrected chi connectivity index (χ2v) is 3.38. The summed E-state index contributed by atoms with van der Waals surface area (Å²) in [5.41, 5.74) is 0.293. The van der Waals surface area contributed by atoms with Gasteiger partial charge in [-0.2, -0.15) is 0 Å². The number of carbonyl (C=O) groups is 1. The summed E-state index contributed by atoms with van der Waals surface area (Å²) in [7, 11) is 0. The van der Waals surface area contributed by atoms with Gasteiger partial charge in [0.1, 0.15) is 0 Å². The Morgan fingerprint density at radius 1 is 1.71 bits per heavy atom. The van der Waals surface area contributed by atoms with E-state index in [1.165, 1.54) is 0 Å². The maximum absolute atomic E-state index is 11.7. The van der Waals surface area contributed by atoms with Crippen LogP contribution in [0.15, 0.2) is 18.3 Å². The molecule has 1 aliphatic rings. The molecule has 1 aromatic heterocycles. The predicted molar refractivity (Wildman–Crippen MR) is 49.9 cm³/mol. The molecule has 4 heteroatoms. The Kier molecular flexibility index (Phi) is 2.29. The first-order chi connectivity index (χ1) is 6.79. The second-order valence-electron chi connectivity index (χ2n) is 3.38. The van der Waals surface area contributed by atoms with Crippen molar-refractivity contribution in [2.24, 2.45) is 0 Å². The molecule has 1 N–H and O–H groups in total. The number of aromatic nitrogens is 1. The number of ether oxygens (including phenoxy) is 2. The van der Waals surface area contributed by atoms with Crippen LogP contribution in [0.4, 0.5) is 0 Å². The predicted octanol–water partition coefficient (Wildman–Crippen LogP) is 0.846. The van der Waals surface area contributed by atoms with Crippen molar-refractivity contribution in [2.75, 3.05) is 19.8 Å². The van der Waals surface area contributed by atoms with Crippen LogP contribution in [0.5, 0.6) is 0 Å². The first-order valence-electron chi connectivity index (χ1n) is 4.68. The van der Waals surface area contributed by atoms with Crippen LogP contribution >= 0.6 is 0 Å². The first-order valence-corrected chi connectivity index (χ1v) is 4.68. The topological polar surface area (TPSA) is 51.3 Å². The van der Waals surface area contributed by atoms with Crippen molar-refractivity contribution in [1.29, 1.82) is 0 Å². The lowest BCUT2D eigenvalue weighted by molar-refractivity contribution is -0.169. The largest absolute Gasteiger partial charge is 0.465 e. The van der Waals surface area contributed by atoms with Gasteiger partial charge in [0.25, 0.3) is 0 Å². The van der Waals surface area contributed by atoms with Crippen molar-refractivity contribution in [2.45, 2.75) is 12.3 Å². The molecule has 4 nitrogen and oxygen atoms in total. The van der Waals surface area contributed by atoms with Crippen LogP contribution in [-0.2, 0) is 19.7 Å². The van der Waals surface area contributed by atoms with E-state index in [1.807, 2.05) is 12.1 Å². The Morgan fingerprint density at radius 3 is 2.93 bits per heavy atom. The lowest BCUT2D eigenvalue weighted by atomic mass is 9.82. The van der Waals surface area contributed by atoms with Crippen molar-refractivity contribution in [3.8, 4) is 0 Å². The summed E-state index contributed by atoms with van der Waals surface area (Å²) < 4.78 is 10.1. The van der Waals surface area contributed by atoms with E-state index in [4.69, 9.17) is 9.47 Å². The van der Waals surface area contributed by atoms with E-state index in [9.17, 15) is 4.79 Å². The molecule has 0 spiro atoms. The minimum Gasteiger partial charge on any atom is -0.465 e. The summed E-state index contributed by atoms with van der Waals surface area (Å²) in [6.45, 7) is 3.03. The van der Waals surface area contributed by atoms with Gasteiger partial charge in [-0.05, 0) is 19.1 Å². The van der Waals surface area contributed by atoms with Gasteiger partial charge in [-0.15, -0.1) is 0 Å². The summed E-state index contributed by atoms with van der Waals surface area (Å²) >= 11 is 0. The molecule has 0 radical (unpaired) electrons. The van der Waals surface area contributed by atoms with E-state index in [0.717, 1.165) is 5.69 Å². The van der Waals surface area contributed by atoms with Crippen LogP contribution in [0, 0.1) is 0 Å². The molecule has 2 rings (SSSR count). The molecule has 0 atom stereocenters. The molecule has 0 aliphatic carbocycles. The highest BCUT2D eigenvalue weighted by Crippen LogP contribution is 2.32. The van der Waals surface area contributed by atoms with E-state index >= 15 is 0 Å². The number of nitrogens with one attached hydrogen (secondary N) is 1. The molecule has 0 unspecified atom stereocenters. The van der Waals surface area contributed by atoms with Crippen molar-refractivity contribution >= 4 is 5.97 Å². The summed E-state index contributed by atoms with van der Waals surface area (Å²) in [6.07, 6.45) is 1.80. The average Bonchev–Trinajstić information content (AvgIpc) is 2.56. The van der Waals surface area contributed by atoms with Crippen LogP contribution < -0.4 is 0 Å². The zero-order chi connectivity index (χ0) is 10.0. The Labute approximate surface area is 82.2 Å². The molecular weight excluding hydrogens is 182 g/mol. The van der Waals surface area contributed by atoms with Gasteiger partial charge in [-0.3, -0.25) is 4.79 Å². The number of aromatic amines is 1. The fourth-order valence-electron chi connectivity index (χ4n) is 1.59. The average molecular weight is 195 g/mol. The van der Waals surface area contributed by atoms with E-state index in [2.05, 4.69) is 4.98 Å². The number of hydrogen-bond donors (Lipinski definition) is 1. The molecule has 1 aliphatic heterocycles. The summed E-state index contributed by atoms with van der Waals surface area (Å²) in [6, 6.07) is 3.76. The van der Waals surface area contributed by atoms with Gasteiger partial charge in [0.15, 0.2) is 5.41 Å². The molecule has 1 aromatic rings. The molecule has 14 heavy (non-hydrogen) atoms. The smallest absolute Gasteiger partial charge is 0.322 e. The molecule has 2 heterocycles. The van der Waals surface area contributed by atoms with Crippen molar-refractivity contribution in [1.82, 2.24) is 4.98 Å². The van der Waals surface area contributed by atoms with Gasteiger partial charge >= 0.3 is 5.97 Å². The van der Waals surface area contributed by atoms with E-state index in [-0.39, 0.29) is 5.97 Å². The highest BCUT2D eigenvalue weighted by Gasteiger charge is 2.49. The highest BCUT2D eigenvalue weighted by atomic mass is 16.6. The maximum Gasteiger partial charge on any atom is 0.322 e. The van der Waals surface area contributed by atoms with Crippen molar-refractivity contribution in [3.05, 3.63) is 24.0 Å². The van der Waals surface area contributed by atoms with Gasteiger partial charge in [0.05, 0.1) is 19.8 Å². The Morgan fingerprint density at radius 2 is 2.50 bits per heavy atom. The van der Waals surface area contributed by atoms with Crippen LogP contribution in [0.1, 0.15) is 12.6 Å². The van der Waals surface area contributed by atoms with Crippen molar-refractivity contribution in [3.63, 3.8) is 0 Å². The van der Waals surface area contributed by atoms with Crippen LogP contribution in [0.25, 0.3) is 0 Å². The van der Waals surface area contributed by atoms with Crippen LogP contribution in [-0.4, -0.2) is 30.8 Å². The van der Waals surface area contributed by atoms with Gasteiger partial charge in [-0.25, -0.2) is 0 Å². The molecular formula is C10H13NO3. The minimum atomic E-state index is -0.584. The lowest BCUT2D eigenvalue weighted by Crippen LogP contribution is -2.54. The van der Waals surface area contributed by atoms with Gasteiger partial charge in [0.2, 0.25) is 0 Å². The van der Waals surface area contributed by atoms with Crippen LogP contribution in [0.2, 0.25) is 0 Å². The number of rotatable bonds is 3. The number of esters is 1. The third kappa shape index (κ3) is 1.23. The van der Waals surface area contributed by atoms with Gasteiger partial charge in [0, 0.05) is 11.9 Å². The summed E-state index contributed by atoms with van der Waals surface area (Å²) in [5.74, 6) is -0.200. The fraction of sp³-hybridized carbons (Fsp3) is 0.500. The SMILES string of the molecule is CCOC(=O)C1(c2ccc[nH]2)COC1. The third-order valence-electron chi connectivity index (χ3n) is 2.48. The molecule has 76 valence electrons. The monoisotopic (exact) mass is 195 g/mol. The quantitative estimate of drug-likeness (QED) is 0.727. The Bertz CT molecular complexity index is 314. The molecule has 0 amide bonds. The number of carbonyl (C=O) groups excluding carboxylic acids is 1. The lowest BCUT2D eigenvalue weighted by Gasteiger charge is -2.37. The molecule has 0 aromatic carbocycles. The molecule has 1 fully saturated rings. The molecule has 0 bridgehead atoms. The normalized spacial score (nSPS) is 18.6. The minimum absolute atomic E-state index is 0.200. The second kappa shape index (κ2) is 3.46.